The molecule has 1 aliphatic carbocycles. The zero-order valence-corrected chi connectivity index (χ0v) is 9.54. The fourth-order valence-electron chi connectivity index (χ4n) is 2.55. The lowest BCUT2D eigenvalue weighted by Gasteiger charge is -2.22. The predicted molar refractivity (Wildman–Crippen MR) is 56.6 cm³/mol. The Kier molecular flexibility index (Phi) is 2.28. The third-order valence-electron chi connectivity index (χ3n) is 3.53. The Morgan fingerprint density at radius 2 is 1.67 bits per heavy atom. The van der Waals surface area contributed by atoms with Crippen molar-refractivity contribution in [2.24, 2.45) is 0 Å². The number of hydrogen-bond acceptors (Lipinski definition) is 3. The highest BCUT2D eigenvalue weighted by Gasteiger charge is 2.47. The standard InChI is InChI=1S/C9H17N3O2S/c13-15(14)11(8-1-2-8)5-6-12(15)9-3-4-10-7-9/h8-10H,1-7H2. The predicted octanol–water partition coefficient (Wildman–Crippen LogP) is -0.627. The van der Waals surface area contributed by atoms with Crippen LogP contribution in [0.4, 0.5) is 0 Å². The monoisotopic (exact) mass is 231 g/mol. The van der Waals surface area contributed by atoms with Crippen LogP contribution in [0.3, 0.4) is 0 Å². The molecule has 0 amide bonds. The van der Waals surface area contributed by atoms with Crippen molar-refractivity contribution in [1.82, 2.24) is 13.9 Å². The van der Waals surface area contributed by atoms with Crippen LogP contribution in [0.25, 0.3) is 0 Å². The highest BCUT2D eigenvalue weighted by Crippen LogP contribution is 2.34. The van der Waals surface area contributed by atoms with E-state index in [1.165, 1.54) is 0 Å². The molecular formula is C9H17N3O2S. The van der Waals surface area contributed by atoms with Gasteiger partial charge in [-0.1, -0.05) is 0 Å². The van der Waals surface area contributed by atoms with E-state index < -0.39 is 10.2 Å². The maximum absolute atomic E-state index is 12.2. The van der Waals surface area contributed by atoms with E-state index in [1.54, 1.807) is 8.61 Å². The molecule has 5 nitrogen and oxygen atoms in total. The summed E-state index contributed by atoms with van der Waals surface area (Å²) in [5, 5.41) is 3.22. The minimum absolute atomic E-state index is 0.193. The first-order valence-electron chi connectivity index (χ1n) is 5.69. The van der Waals surface area contributed by atoms with E-state index in [0.29, 0.717) is 19.1 Å². The van der Waals surface area contributed by atoms with E-state index in [-0.39, 0.29) is 6.04 Å². The zero-order valence-electron chi connectivity index (χ0n) is 8.72. The summed E-state index contributed by atoms with van der Waals surface area (Å²) < 4.78 is 27.8. The topological polar surface area (TPSA) is 52.7 Å². The number of rotatable bonds is 2. The van der Waals surface area contributed by atoms with Crippen molar-refractivity contribution >= 4 is 10.2 Å². The number of hydrogen-bond donors (Lipinski definition) is 1. The molecule has 2 aliphatic heterocycles. The van der Waals surface area contributed by atoms with Gasteiger partial charge >= 0.3 is 0 Å². The Hall–Kier alpha value is -0.170. The first-order chi connectivity index (χ1) is 7.19. The quantitative estimate of drug-likeness (QED) is 0.688. The normalized spacial score (nSPS) is 37.5. The summed E-state index contributed by atoms with van der Waals surface area (Å²) in [5.41, 5.74) is 0. The zero-order chi connectivity index (χ0) is 10.5. The molecule has 3 fully saturated rings. The Bertz CT molecular complexity index is 346. The van der Waals surface area contributed by atoms with Gasteiger partial charge in [-0.05, 0) is 25.8 Å². The average molecular weight is 231 g/mol. The van der Waals surface area contributed by atoms with Gasteiger partial charge in [0.2, 0.25) is 0 Å². The molecule has 2 heterocycles. The molecule has 0 aromatic carbocycles. The van der Waals surface area contributed by atoms with Crippen molar-refractivity contribution in [2.45, 2.75) is 31.3 Å². The summed E-state index contributed by atoms with van der Waals surface area (Å²) in [7, 11) is -3.12. The molecule has 3 rings (SSSR count). The first-order valence-corrected chi connectivity index (χ1v) is 7.08. The molecule has 0 spiro atoms. The third kappa shape index (κ3) is 1.60. The fraction of sp³-hybridized carbons (Fsp3) is 1.00. The van der Waals surface area contributed by atoms with Crippen LogP contribution in [0.15, 0.2) is 0 Å². The van der Waals surface area contributed by atoms with Crippen molar-refractivity contribution in [2.75, 3.05) is 26.2 Å². The lowest BCUT2D eigenvalue weighted by molar-refractivity contribution is 0.365. The van der Waals surface area contributed by atoms with Gasteiger partial charge in [-0.25, -0.2) is 0 Å². The molecule has 0 bridgehead atoms. The summed E-state index contributed by atoms with van der Waals surface area (Å²) in [5.74, 6) is 0. The van der Waals surface area contributed by atoms with Gasteiger partial charge in [-0.15, -0.1) is 0 Å². The maximum atomic E-state index is 12.2. The van der Waals surface area contributed by atoms with E-state index >= 15 is 0 Å². The summed E-state index contributed by atoms with van der Waals surface area (Å²) in [6.45, 7) is 3.15. The molecule has 0 radical (unpaired) electrons. The fourth-order valence-corrected chi connectivity index (χ4v) is 4.59. The van der Waals surface area contributed by atoms with Crippen molar-refractivity contribution in [3.8, 4) is 0 Å². The van der Waals surface area contributed by atoms with Crippen LogP contribution in [-0.4, -0.2) is 55.3 Å². The summed E-state index contributed by atoms with van der Waals surface area (Å²) >= 11 is 0. The third-order valence-corrected chi connectivity index (χ3v) is 5.68. The molecule has 0 aromatic rings. The lowest BCUT2D eigenvalue weighted by atomic mass is 10.2. The molecule has 0 aromatic heterocycles. The van der Waals surface area contributed by atoms with E-state index in [2.05, 4.69) is 5.32 Å². The average Bonchev–Trinajstić information content (AvgIpc) is 2.76. The Balaban J connectivity index is 1.80. The number of nitrogens with zero attached hydrogens (tertiary/aromatic N) is 2. The second-order valence-corrected chi connectivity index (χ2v) is 6.44. The van der Waals surface area contributed by atoms with Gasteiger partial charge in [0.15, 0.2) is 0 Å². The van der Waals surface area contributed by atoms with Gasteiger partial charge in [0.1, 0.15) is 0 Å². The molecule has 1 unspecified atom stereocenters. The summed E-state index contributed by atoms with van der Waals surface area (Å²) in [6, 6.07) is 0.508. The van der Waals surface area contributed by atoms with Crippen LogP contribution in [0.2, 0.25) is 0 Å². The molecule has 1 saturated carbocycles. The molecule has 1 atom stereocenters. The first kappa shape index (κ1) is 10.0. The molecule has 6 heteroatoms. The minimum Gasteiger partial charge on any atom is -0.315 e. The van der Waals surface area contributed by atoms with Gasteiger partial charge < -0.3 is 5.32 Å². The molecule has 2 saturated heterocycles. The Morgan fingerprint density at radius 3 is 2.20 bits per heavy atom. The SMILES string of the molecule is O=S1(=O)N(C2CC2)CCN1C1CCNC1. The van der Waals surface area contributed by atoms with E-state index in [9.17, 15) is 8.42 Å². The Labute approximate surface area is 90.6 Å². The van der Waals surface area contributed by atoms with Gasteiger partial charge in [0.25, 0.3) is 10.2 Å². The van der Waals surface area contributed by atoms with Crippen molar-refractivity contribution in [1.29, 1.82) is 0 Å². The minimum atomic E-state index is -3.12. The highest BCUT2D eigenvalue weighted by molar-refractivity contribution is 7.87. The van der Waals surface area contributed by atoms with Crippen LogP contribution in [0.5, 0.6) is 0 Å². The largest absolute Gasteiger partial charge is 0.315 e. The molecular weight excluding hydrogens is 214 g/mol. The van der Waals surface area contributed by atoms with Gasteiger partial charge in [0.05, 0.1) is 0 Å². The summed E-state index contributed by atoms with van der Waals surface area (Å²) in [4.78, 5) is 0. The van der Waals surface area contributed by atoms with E-state index in [4.69, 9.17) is 0 Å². The smallest absolute Gasteiger partial charge is 0.282 e. The van der Waals surface area contributed by atoms with E-state index in [1.807, 2.05) is 0 Å². The van der Waals surface area contributed by atoms with Gasteiger partial charge in [-0.2, -0.15) is 17.0 Å². The molecule has 1 N–H and O–H groups in total. The van der Waals surface area contributed by atoms with Crippen LogP contribution >= 0.6 is 0 Å². The van der Waals surface area contributed by atoms with Crippen molar-refractivity contribution < 1.29 is 8.42 Å². The maximum Gasteiger partial charge on any atom is 0.282 e. The molecule has 15 heavy (non-hydrogen) atoms. The molecule has 86 valence electrons. The highest BCUT2D eigenvalue weighted by atomic mass is 32.2. The van der Waals surface area contributed by atoms with Crippen LogP contribution in [0, 0.1) is 0 Å². The van der Waals surface area contributed by atoms with Crippen LogP contribution in [-0.2, 0) is 10.2 Å². The van der Waals surface area contributed by atoms with Crippen LogP contribution in [0.1, 0.15) is 19.3 Å². The summed E-state index contributed by atoms with van der Waals surface area (Å²) in [6.07, 6.45) is 3.06. The van der Waals surface area contributed by atoms with Gasteiger partial charge in [0, 0.05) is 31.7 Å². The van der Waals surface area contributed by atoms with Crippen LogP contribution < -0.4 is 5.32 Å². The van der Waals surface area contributed by atoms with Gasteiger partial charge in [-0.3, -0.25) is 0 Å². The van der Waals surface area contributed by atoms with Crippen molar-refractivity contribution in [3.05, 3.63) is 0 Å². The van der Waals surface area contributed by atoms with Crippen molar-refractivity contribution in [3.63, 3.8) is 0 Å². The number of nitrogens with one attached hydrogen (secondary N) is 1. The second-order valence-electron chi connectivity index (χ2n) is 4.61. The lowest BCUT2D eigenvalue weighted by Crippen LogP contribution is -2.41. The van der Waals surface area contributed by atoms with E-state index in [0.717, 1.165) is 32.4 Å². The Morgan fingerprint density at radius 1 is 1.00 bits per heavy atom. The second kappa shape index (κ2) is 3.41. The molecule has 3 aliphatic rings.